The van der Waals surface area contributed by atoms with Gasteiger partial charge in [-0.1, -0.05) is 0 Å². The lowest BCUT2D eigenvalue weighted by Crippen LogP contribution is -2.12. The van der Waals surface area contributed by atoms with E-state index in [4.69, 9.17) is 0 Å². The van der Waals surface area contributed by atoms with Gasteiger partial charge in [0.15, 0.2) is 0 Å². The minimum Gasteiger partial charge on any atom is -0.346 e. The summed E-state index contributed by atoms with van der Waals surface area (Å²) in [5.41, 5.74) is 0. The van der Waals surface area contributed by atoms with Gasteiger partial charge in [0.25, 0.3) is 0 Å². The smallest absolute Gasteiger partial charge is 0.244 e. The zero-order chi connectivity index (χ0) is 9.97. The van der Waals surface area contributed by atoms with Crippen molar-refractivity contribution in [1.82, 2.24) is 20.5 Å². The molecule has 5 nitrogen and oxygen atoms in total. The molecule has 14 heavy (non-hydrogen) atoms. The molecule has 0 bridgehead atoms. The fourth-order valence-electron chi connectivity index (χ4n) is 1.74. The molecule has 2 heterocycles. The molecule has 1 aliphatic heterocycles. The van der Waals surface area contributed by atoms with Crippen LogP contribution < -0.4 is 10.2 Å². The molecule has 1 aromatic rings. The van der Waals surface area contributed by atoms with Gasteiger partial charge in [0.2, 0.25) is 5.95 Å². The lowest BCUT2D eigenvalue weighted by molar-refractivity contribution is 0.563. The summed E-state index contributed by atoms with van der Waals surface area (Å²) in [7, 11) is 3.90. The predicted octanol–water partition coefficient (Wildman–Crippen LogP) is 0.0227. The molecule has 1 fully saturated rings. The van der Waals surface area contributed by atoms with Crippen LogP contribution in [-0.2, 0) is 6.42 Å². The van der Waals surface area contributed by atoms with E-state index in [1.807, 2.05) is 19.0 Å². The Morgan fingerprint density at radius 3 is 2.93 bits per heavy atom. The normalized spacial score (nSPS) is 21.4. The van der Waals surface area contributed by atoms with Gasteiger partial charge in [0.1, 0.15) is 5.82 Å². The third-order valence-corrected chi connectivity index (χ3v) is 2.56. The number of hydrogen-bond donors (Lipinski definition) is 2. The molecule has 1 atom stereocenters. The fourth-order valence-corrected chi connectivity index (χ4v) is 1.74. The van der Waals surface area contributed by atoms with Gasteiger partial charge in [-0.2, -0.15) is 4.98 Å². The Morgan fingerprint density at radius 2 is 2.36 bits per heavy atom. The fraction of sp³-hybridized carbons (Fsp3) is 0.778. The number of aromatic amines is 1. The molecule has 0 saturated carbocycles. The van der Waals surface area contributed by atoms with Gasteiger partial charge in [-0.15, -0.1) is 5.10 Å². The summed E-state index contributed by atoms with van der Waals surface area (Å²) in [5.74, 6) is 2.49. The van der Waals surface area contributed by atoms with Crippen molar-refractivity contribution in [1.29, 1.82) is 0 Å². The van der Waals surface area contributed by atoms with Crippen molar-refractivity contribution < 1.29 is 0 Å². The van der Waals surface area contributed by atoms with Crippen molar-refractivity contribution in [3.63, 3.8) is 0 Å². The largest absolute Gasteiger partial charge is 0.346 e. The molecule has 0 amide bonds. The lowest BCUT2D eigenvalue weighted by atomic mass is 10.1. The molecule has 2 rings (SSSR count). The van der Waals surface area contributed by atoms with Crippen LogP contribution in [0.4, 0.5) is 5.95 Å². The number of H-pyrrole nitrogens is 1. The van der Waals surface area contributed by atoms with Crippen LogP contribution in [0.2, 0.25) is 0 Å². The first-order valence-electron chi connectivity index (χ1n) is 5.05. The Balaban J connectivity index is 1.95. The monoisotopic (exact) mass is 195 g/mol. The Labute approximate surface area is 83.9 Å². The SMILES string of the molecule is CN(C)c1n[nH]c(CC2CCNC2)n1. The molecule has 0 radical (unpaired) electrons. The van der Waals surface area contributed by atoms with Crippen LogP contribution in [0.3, 0.4) is 0 Å². The van der Waals surface area contributed by atoms with Crippen LogP contribution in [0.25, 0.3) is 0 Å². The number of aromatic nitrogens is 3. The Bertz CT molecular complexity index is 287. The Hall–Kier alpha value is -1.10. The van der Waals surface area contributed by atoms with Gasteiger partial charge in [0.05, 0.1) is 0 Å². The van der Waals surface area contributed by atoms with Gasteiger partial charge >= 0.3 is 0 Å². The minimum absolute atomic E-state index is 0.720. The van der Waals surface area contributed by atoms with E-state index in [2.05, 4.69) is 20.5 Å². The zero-order valence-electron chi connectivity index (χ0n) is 8.75. The first-order chi connectivity index (χ1) is 6.75. The number of hydrogen-bond acceptors (Lipinski definition) is 4. The molecule has 1 saturated heterocycles. The Kier molecular flexibility index (Phi) is 2.67. The number of nitrogens with zero attached hydrogens (tertiary/aromatic N) is 3. The third kappa shape index (κ3) is 2.04. The first kappa shape index (κ1) is 9.45. The maximum absolute atomic E-state index is 4.40. The average molecular weight is 195 g/mol. The lowest BCUT2D eigenvalue weighted by Gasteiger charge is -2.05. The van der Waals surface area contributed by atoms with Crippen LogP contribution in [0.5, 0.6) is 0 Å². The first-order valence-corrected chi connectivity index (χ1v) is 5.05. The molecule has 0 aliphatic carbocycles. The van der Waals surface area contributed by atoms with Gasteiger partial charge < -0.3 is 10.2 Å². The summed E-state index contributed by atoms with van der Waals surface area (Å²) in [6, 6.07) is 0. The van der Waals surface area contributed by atoms with Crippen molar-refractivity contribution in [2.24, 2.45) is 5.92 Å². The summed E-state index contributed by atoms with van der Waals surface area (Å²) < 4.78 is 0. The second-order valence-electron chi connectivity index (χ2n) is 4.04. The average Bonchev–Trinajstić information content (AvgIpc) is 2.75. The van der Waals surface area contributed by atoms with E-state index in [1.165, 1.54) is 6.42 Å². The highest BCUT2D eigenvalue weighted by Crippen LogP contribution is 2.13. The summed E-state index contributed by atoms with van der Waals surface area (Å²) in [6.07, 6.45) is 2.26. The maximum atomic E-state index is 4.40. The number of nitrogens with one attached hydrogen (secondary N) is 2. The molecular formula is C9H17N5. The maximum Gasteiger partial charge on any atom is 0.244 e. The number of anilines is 1. The molecule has 1 aromatic heterocycles. The van der Waals surface area contributed by atoms with Gasteiger partial charge in [0, 0.05) is 20.5 Å². The Morgan fingerprint density at radius 1 is 1.50 bits per heavy atom. The summed E-state index contributed by atoms with van der Waals surface area (Å²) in [4.78, 5) is 6.31. The van der Waals surface area contributed by atoms with Crippen molar-refractivity contribution in [3.8, 4) is 0 Å². The molecule has 2 N–H and O–H groups in total. The van der Waals surface area contributed by atoms with E-state index in [9.17, 15) is 0 Å². The quantitative estimate of drug-likeness (QED) is 0.714. The summed E-state index contributed by atoms with van der Waals surface area (Å²) in [6.45, 7) is 2.25. The third-order valence-electron chi connectivity index (χ3n) is 2.56. The predicted molar refractivity (Wildman–Crippen MR) is 55.4 cm³/mol. The van der Waals surface area contributed by atoms with Gasteiger partial charge in [-0.05, 0) is 25.4 Å². The molecule has 0 spiro atoms. The van der Waals surface area contributed by atoms with E-state index in [1.54, 1.807) is 0 Å². The van der Waals surface area contributed by atoms with E-state index >= 15 is 0 Å². The molecule has 78 valence electrons. The molecule has 0 aromatic carbocycles. The topological polar surface area (TPSA) is 56.8 Å². The highest BCUT2D eigenvalue weighted by molar-refractivity contribution is 5.24. The van der Waals surface area contributed by atoms with Crippen LogP contribution >= 0.6 is 0 Å². The van der Waals surface area contributed by atoms with E-state index in [0.29, 0.717) is 0 Å². The van der Waals surface area contributed by atoms with Crippen LogP contribution in [0.1, 0.15) is 12.2 Å². The van der Waals surface area contributed by atoms with E-state index in [-0.39, 0.29) is 0 Å². The molecular weight excluding hydrogens is 178 g/mol. The molecule has 1 unspecified atom stereocenters. The van der Waals surface area contributed by atoms with E-state index in [0.717, 1.165) is 37.2 Å². The van der Waals surface area contributed by atoms with Crippen LogP contribution in [0.15, 0.2) is 0 Å². The van der Waals surface area contributed by atoms with Crippen molar-refractivity contribution >= 4 is 5.95 Å². The highest BCUT2D eigenvalue weighted by Gasteiger charge is 2.16. The summed E-state index contributed by atoms with van der Waals surface area (Å²) >= 11 is 0. The van der Waals surface area contributed by atoms with Crippen LogP contribution in [-0.4, -0.2) is 42.4 Å². The second kappa shape index (κ2) is 3.96. The highest BCUT2D eigenvalue weighted by atomic mass is 15.3. The minimum atomic E-state index is 0.720. The van der Waals surface area contributed by atoms with Crippen molar-refractivity contribution in [2.45, 2.75) is 12.8 Å². The van der Waals surface area contributed by atoms with Gasteiger partial charge in [-0.3, -0.25) is 5.10 Å². The van der Waals surface area contributed by atoms with Crippen molar-refractivity contribution in [3.05, 3.63) is 5.82 Å². The van der Waals surface area contributed by atoms with E-state index < -0.39 is 0 Å². The molecule has 5 heteroatoms. The molecule has 1 aliphatic rings. The standard InChI is InChI=1S/C9H17N5/c1-14(2)9-11-8(12-13-9)5-7-3-4-10-6-7/h7,10H,3-6H2,1-2H3,(H,11,12,13). The van der Waals surface area contributed by atoms with Gasteiger partial charge in [-0.25, -0.2) is 0 Å². The number of rotatable bonds is 3. The van der Waals surface area contributed by atoms with Crippen LogP contribution in [0, 0.1) is 5.92 Å². The van der Waals surface area contributed by atoms with Crippen molar-refractivity contribution in [2.75, 3.05) is 32.1 Å². The second-order valence-corrected chi connectivity index (χ2v) is 4.04. The zero-order valence-corrected chi connectivity index (χ0v) is 8.75. The summed E-state index contributed by atoms with van der Waals surface area (Å²) in [5, 5.41) is 10.5.